The average Bonchev–Trinajstić information content (AvgIpc) is 2.44. The van der Waals surface area contributed by atoms with E-state index in [4.69, 9.17) is 15.3 Å². The van der Waals surface area contributed by atoms with Crippen molar-refractivity contribution in [3.63, 3.8) is 0 Å². The maximum absolute atomic E-state index is 9.13. The number of ether oxygens (including phenoxy) is 1. The number of nitrogens with one attached hydrogen (secondary N) is 1. The first kappa shape index (κ1) is 16.6. The fourth-order valence-electron chi connectivity index (χ4n) is 2.30. The van der Waals surface area contributed by atoms with Crippen molar-refractivity contribution >= 4 is 11.5 Å². The van der Waals surface area contributed by atoms with Crippen LogP contribution in [0, 0.1) is 28.2 Å². The summed E-state index contributed by atoms with van der Waals surface area (Å²) in [4.78, 5) is 3.92. The van der Waals surface area contributed by atoms with Crippen LogP contribution in [0.5, 0.6) is 5.75 Å². The first-order chi connectivity index (χ1) is 10.7. The van der Waals surface area contributed by atoms with Crippen LogP contribution in [0.25, 0.3) is 5.70 Å². The molecule has 1 heterocycles. The number of rotatable bonds is 1. The van der Waals surface area contributed by atoms with Gasteiger partial charge in [-0.2, -0.15) is 15.5 Å². The minimum Gasteiger partial charge on any atom is -0.483 e. The zero-order chi connectivity index (χ0) is 17.3. The highest BCUT2D eigenvalue weighted by molar-refractivity contribution is 5.96. The Kier molecular flexibility index (Phi) is 4.16. The van der Waals surface area contributed by atoms with E-state index in [2.05, 4.69) is 16.4 Å². The van der Waals surface area contributed by atoms with Gasteiger partial charge in [0.25, 0.3) is 0 Å². The highest BCUT2D eigenvalue weighted by atomic mass is 16.5. The van der Waals surface area contributed by atoms with Gasteiger partial charge in [0.2, 0.25) is 6.19 Å². The van der Waals surface area contributed by atoms with E-state index in [1.807, 2.05) is 46.9 Å². The molecular formula is C18H20N4O. The largest absolute Gasteiger partial charge is 0.483 e. The Labute approximate surface area is 136 Å². The molecule has 0 radical (unpaired) electrons. The third-order valence-electron chi connectivity index (χ3n) is 3.39. The molecule has 0 atom stereocenters. The summed E-state index contributed by atoms with van der Waals surface area (Å²) in [5.41, 5.74) is 1.32. The van der Waals surface area contributed by atoms with Gasteiger partial charge in [-0.05, 0) is 38.1 Å². The Morgan fingerprint density at radius 3 is 2.52 bits per heavy atom. The number of fused-ring (bicyclic) bond motifs is 1. The van der Waals surface area contributed by atoms with Crippen LogP contribution in [0.2, 0.25) is 0 Å². The van der Waals surface area contributed by atoms with Gasteiger partial charge >= 0.3 is 0 Å². The molecule has 0 saturated carbocycles. The number of hydrogen-bond donors (Lipinski definition) is 1. The normalized spacial score (nSPS) is 16.3. The van der Waals surface area contributed by atoms with E-state index in [0.717, 1.165) is 11.3 Å². The lowest BCUT2D eigenvalue weighted by atomic mass is 9.92. The maximum Gasteiger partial charge on any atom is 0.207 e. The molecule has 5 heteroatoms. The van der Waals surface area contributed by atoms with E-state index in [1.165, 1.54) is 0 Å². The van der Waals surface area contributed by atoms with Crippen molar-refractivity contribution in [3.8, 4) is 18.0 Å². The Hall–Kier alpha value is -2.79. The summed E-state index contributed by atoms with van der Waals surface area (Å²) in [6, 6.07) is 7.43. The van der Waals surface area contributed by atoms with Gasteiger partial charge < -0.3 is 10.1 Å². The maximum atomic E-state index is 9.13. The van der Waals surface area contributed by atoms with Gasteiger partial charge in [0, 0.05) is 11.0 Å². The number of hydrogen-bond acceptors (Lipinski definition) is 4. The Balaban J connectivity index is 2.53. The average molecular weight is 308 g/mol. The van der Waals surface area contributed by atoms with Crippen LogP contribution in [0.1, 0.15) is 45.7 Å². The van der Waals surface area contributed by atoms with Crippen molar-refractivity contribution in [2.45, 2.75) is 40.2 Å². The van der Waals surface area contributed by atoms with Crippen LogP contribution in [0.4, 0.5) is 0 Å². The summed E-state index contributed by atoms with van der Waals surface area (Å²) in [6.45, 7) is 9.84. The number of benzene rings is 1. The molecule has 0 bridgehead atoms. The van der Waals surface area contributed by atoms with Crippen LogP contribution in [-0.4, -0.2) is 11.4 Å². The standard InChI is InChI=1S/C18H20N4O/c1-17(2,3)16(21-11-20)22-14-9-18(4,5)23-15-7-6-12(10-19)8-13(14)15/h6-9H,1-5H3,(H,21,22). The molecule has 23 heavy (non-hydrogen) atoms. The van der Waals surface area contributed by atoms with Gasteiger partial charge in [-0.15, -0.1) is 0 Å². The van der Waals surface area contributed by atoms with Crippen molar-refractivity contribution in [1.29, 1.82) is 10.5 Å². The minimum atomic E-state index is -0.501. The number of amidine groups is 1. The van der Waals surface area contributed by atoms with Crippen LogP contribution in [0.3, 0.4) is 0 Å². The summed E-state index contributed by atoms with van der Waals surface area (Å²) in [5, 5.41) is 21.3. The molecule has 1 N–H and O–H groups in total. The molecule has 1 aliphatic heterocycles. The monoisotopic (exact) mass is 308 g/mol. The molecule has 0 amide bonds. The van der Waals surface area contributed by atoms with Crippen LogP contribution < -0.4 is 10.1 Å². The quantitative estimate of drug-likeness (QED) is 0.488. The lowest BCUT2D eigenvalue weighted by Crippen LogP contribution is -2.38. The fraction of sp³-hybridized carbons (Fsp3) is 0.389. The van der Waals surface area contributed by atoms with E-state index in [9.17, 15) is 0 Å². The second-order valence-electron chi connectivity index (χ2n) is 7.02. The second kappa shape index (κ2) is 5.78. The molecule has 0 spiro atoms. The van der Waals surface area contributed by atoms with E-state index in [0.29, 0.717) is 17.1 Å². The summed E-state index contributed by atoms with van der Waals surface area (Å²) in [6.07, 6.45) is 3.79. The molecule has 1 aromatic rings. The van der Waals surface area contributed by atoms with Crippen molar-refractivity contribution in [3.05, 3.63) is 35.4 Å². The van der Waals surface area contributed by atoms with Gasteiger partial charge in [-0.1, -0.05) is 20.8 Å². The molecule has 5 nitrogen and oxygen atoms in total. The van der Waals surface area contributed by atoms with Crippen molar-refractivity contribution in [1.82, 2.24) is 5.32 Å². The minimum absolute atomic E-state index is 0.313. The third-order valence-corrected chi connectivity index (χ3v) is 3.39. The van der Waals surface area contributed by atoms with Gasteiger partial charge in [0.05, 0.1) is 17.3 Å². The predicted octanol–water partition coefficient (Wildman–Crippen LogP) is 3.59. The van der Waals surface area contributed by atoms with Crippen molar-refractivity contribution in [2.75, 3.05) is 0 Å². The number of aliphatic imine (C=N–C) groups is 1. The molecule has 0 fully saturated rings. The molecule has 0 saturated heterocycles. The highest BCUT2D eigenvalue weighted by Crippen LogP contribution is 2.36. The molecule has 118 valence electrons. The summed E-state index contributed by atoms with van der Waals surface area (Å²) >= 11 is 0. The molecular weight excluding hydrogens is 288 g/mol. The zero-order valence-corrected chi connectivity index (χ0v) is 14.1. The first-order valence-corrected chi connectivity index (χ1v) is 7.37. The topological polar surface area (TPSA) is 81.2 Å². The summed E-state index contributed by atoms with van der Waals surface area (Å²) in [5.74, 6) is 1.27. The van der Waals surface area contributed by atoms with E-state index in [1.54, 1.807) is 18.2 Å². The molecule has 0 unspecified atom stereocenters. The van der Waals surface area contributed by atoms with Crippen LogP contribution >= 0.6 is 0 Å². The van der Waals surface area contributed by atoms with Crippen molar-refractivity contribution in [2.24, 2.45) is 10.4 Å². The second-order valence-corrected chi connectivity index (χ2v) is 7.02. The van der Waals surface area contributed by atoms with Crippen molar-refractivity contribution < 1.29 is 4.74 Å². The SMILES string of the molecule is CC1(C)C=C(N/C(=N\C#N)C(C)(C)C)c2cc(C#N)ccc2O1. The molecule has 1 aliphatic rings. The van der Waals surface area contributed by atoms with Crippen LogP contribution in [-0.2, 0) is 0 Å². The summed E-state index contributed by atoms with van der Waals surface area (Å²) < 4.78 is 5.95. The number of nitriles is 2. The smallest absolute Gasteiger partial charge is 0.207 e. The molecule has 0 aromatic heterocycles. The molecule has 0 aliphatic carbocycles. The van der Waals surface area contributed by atoms with E-state index >= 15 is 0 Å². The van der Waals surface area contributed by atoms with E-state index < -0.39 is 5.60 Å². The third kappa shape index (κ3) is 3.70. The lowest BCUT2D eigenvalue weighted by molar-refractivity contribution is 0.157. The van der Waals surface area contributed by atoms with Crippen LogP contribution in [0.15, 0.2) is 29.3 Å². The zero-order valence-electron chi connectivity index (χ0n) is 14.1. The highest BCUT2D eigenvalue weighted by Gasteiger charge is 2.29. The first-order valence-electron chi connectivity index (χ1n) is 7.37. The molecule has 1 aromatic carbocycles. The molecule has 2 rings (SSSR count). The Morgan fingerprint density at radius 1 is 1.26 bits per heavy atom. The van der Waals surface area contributed by atoms with Gasteiger partial charge in [0.15, 0.2) is 0 Å². The van der Waals surface area contributed by atoms with Gasteiger partial charge in [-0.25, -0.2) is 0 Å². The Bertz CT molecular complexity index is 768. The van der Waals surface area contributed by atoms with Gasteiger partial charge in [0.1, 0.15) is 17.2 Å². The summed E-state index contributed by atoms with van der Waals surface area (Å²) in [7, 11) is 0. The fourth-order valence-corrected chi connectivity index (χ4v) is 2.30. The Morgan fingerprint density at radius 2 is 1.96 bits per heavy atom. The van der Waals surface area contributed by atoms with Gasteiger partial charge in [-0.3, -0.25) is 0 Å². The van der Waals surface area contributed by atoms with E-state index in [-0.39, 0.29) is 5.41 Å². The number of nitrogens with zero attached hydrogens (tertiary/aromatic N) is 3. The predicted molar refractivity (Wildman–Crippen MR) is 89.5 cm³/mol. The lowest BCUT2D eigenvalue weighted by Gasteiger charge is -2.33.